The molecular formula is C13H24N4. The first kappa shape index (κ1) is 12.6. The Kier molecular flexibility index (Phi) is 5.01. The van der Waals surface area contributed by atoms with E-state index in [1.54, 1.807) is 0 Å². The molecule has 1 unspecified atom stereocenters. The molecule has 2 heterocycles. The molecule has 4 heteroatoms. The first-order valence-corrected chi connectivity index (χ1v) is 6.80. The molecule has 1 aliphatic heterocycles. The van der Waals surface area contributed by atoms with E-state index in [9.17, 15) is 0 Å². The van der Waals surface area contributed by atoms with Gasteiger partial charge in [-0.15, -0.1) is 0 Å². The van der Waals surface area contributed by atoms with E-state index in [-0.39, 0.29) is 0 Å². The van der Waals surface area contributed by atoms with Gasteiger partial charge in [0.1, 0.15) is 0 Å². The summed E-state index contributed by atoms with van der Waals surface area (Å²) in [7, 11) is 0. The Morgan fingerprint density at radius 2 is 2.24 bits per heavy atom. The number of aromatic nitrogens is 2. The van der Waals surface area contributed by atoms with Gasteiger partial charge in [-0.05, 0) is 38.9 Å². The van der Waals surface area contributed by atoms with Gasteiger partial charge in [-0.3, -0.25) is 0 Å². The number of rotatable bonds is 7. The summed E-state index contributed by atoms with van der Waals surface area (Å²) in [6, 6.07) is 0.730. The number of likely N-dealkylation sites (N-methyl/N-ethyl adjacent to an activating group) is 1. The van der Waals surface area contributed by atoms with Crippen LogP contribution in [0, 0.1) is 0 Å². The molecule has 0 amide bonds. The monoisotopic (exact) mass is 236 g/mol. The summed E-state index contributed by atoms with van der Waals surface area (Å²) in [4.78, 5) is 6.64. The molecule has 2 rings (SSSR count). The van der Waals surface area contributed by atoms with Gasteiger partial charge < -0.3 is 14.8 Å². The van der Waals surface area contributed by atoms with E-state index < -0.39 is 0 Å². The van der Waals surface area contributed by atoms with Crippen LogP contribution in [-0.4, -0.2) is 46.7 Å². The van der Waals surface area contributed by atoms with Crippen molar-refractivity contribution in [3.8, 4) is 0 Å². The molecule has 96 valence electrons. The lowest BCUT2D eigenvalue weighted by molar-refractivity contribution is 0.317. The quantitative estimate of drug-likeness (QED) is 0.725. The number of imidazole rings is 1. The largest absolute Gasteiger partial charge is 0.337 e. The number of aryl methyl sites for hydroxylation is 1. The molecule has 1 atom stereocenters. The Hall–Kier alpha value is -0.870. The fraction of sp³-hybridized carbons (Fsp3) is 0.769. The van der Waals surface area contributed by atoms with Crippen LogP contribution in [0.2, 0.25) is 0 Å². The van der Waals surface area contributed by atoms with Crippen molar-refractivity contribution in [1.82, 2.24) is 19.8 Å². The zero-order chi connectivity index (χ0) is 11.9. The Labute approximate surface area is 104 Å². The molecule has 1 fully saturated rings. The molecule has 0 bridgehead atoms. The maximum absolute atomic E-state index is 4.05. The summed E-state index contributed by atoms with van der Waals surface area (Å²) in [5.41, 5.74) is 0. The lowest BCUT2D eigenvalue weighted by atomic mass is 10.2. The predicted octanol–water partition coefficient (Wildman–Crippen LogP) is 1.35. The Morgan fingerprint density at radius 1 is 1.35 bits per heavy atom. The van der Waals surface area contributed by atoms with Gasteiger partial charge in [0.2, 0.25) is 0 Å². The zero-order valence-electron chi connectivity index (χ0n) is 10.8. The molecular weight excluding hydrogens is 212 g/mol. The van der Waals surface area contributed by atoms with Gasteiger partial charge in [0, 0.05) is 31.5 Å². The van der Waals surface area contributed by atoms with Crippen LogP contribution in [0.15, 0.2) is 18.7 Å². The number of unbranched alkanes of at least 4 members (excludes halogenated alkanes) is 1. The fourth-order valence-corrected chi connectivity index (χ4v) is 2.54. The van der Waals surface area contributed by atoms with E-state index in [0.717, 1.165) is 19.1 Å². The molecule has 1 aromatic rings. The van der Waals surface area contributed by atoms with Gasteiger partial charge in [0.15, 0.2) is 0 Å². The van der Waals surface area contributed by atoms with Crippen molar-refractivity contribution in [2.75, 3.05) is 26.2 Å². The molecule has 1 saturated heterocycles. The first-order valence-electron chi connectivity index (χ1n) is 6.80. The topological polar surface area (TPSA) is 33.1 Å². The third kappa shape index (κ3) is 4.13. The SMILES string of the molecule is CCNC1CCN(CCCCn2ccnc2)C1. The van der Waals surface area contributed by atoms with Gasteiger partial charge in [-0.1, -0.05) is 6.92 Å². The lowest BCUT2D eigenvalue weighted by Gasteiger charge is -2.16. The minimum absolute atomic E-state index is 0.730. The Morgan fingerprint density at radius 3 is 3.00 bits per heavy atom. The van der Waals surface area contributed by atoms with Crippen LogP contribution in [0.5, 0.6) is 0 Å². The number of nitrogens with one attached hydrogen (secondary N) is 1. The minimum atomic E-state index is 0.730. The third-order valence-electron chi connectivity index (χ3n) is 3.47. The molecule has 17 heavy (non-hydrogen) atoms. The number of hydrogen-bond donors (Lipinski definition) is 1. The Bertz CT molecular complexity index is 296. The van der Waals surface area contributed by atoms with Crippen molar-refractivity contribution in [2.45, 2.75) is 38.8 Å². The summed E-state index contributed by atoms with van der Waals surface area (Å²) in [6.07, 6.45) is 9.64. The second-order valence-electron chi connectivity index (χ2n) is 4.85. The maximum atomic E-state index is 4.05. The number of likely N-dealkylation sites (tertiary alicyclic amines) is 1. The predicted molar refractivity (Wildman–Crippen MR) is 70.0 cm³/mol. The van der Waals surface area contributed by atoms with Crippen LogP contribution in [0.1, 0.15) is 26.2 Å². The van der Waals surface area contributed by atoms with E-state index in [1.807, 2.05) is 18.7 Å². The molecule has 0 saturated carbocycles. The van der Waals surface area contributed by atoms with Gasteiger partial charge in [0.05, 0.1) is 6.33 Å². The maximum Gasteiger partial charge on any atom is 0.0945 e. The third-order valence-corrected chi connectivity index (χ3v) is 3.47. The van der Waals surface area contributed by atoms with Crippen molar-refractivity contribution in [2.24, 2.45) is 0 Å². The second-order valence-corrected chi connectivity index (χ2v) is 4.85. The highest BCUT2D eigenvalue weighted by molar-refractivity contribution is 4.80. The van der Waals surface area contributed by atoms with Crippen LogP contribution >= 0.6 is 0 Å². The van der Waals surface area contributed by atoms with Crippen LogP contribution in [-0.2, 0) is 6.54 Å². The summed E-state index contributed by atoms with van der Waals surface area (Å²) in [5, 5.41) is 3.53. The lowest BCUT2D eigenvalue weighted by Crippen LogP contribution is -2.32. The average molecular weight is 236 g/mol. The van der Waals surface area contributed by atoms with Crippen LogP contribution in [0.3, 0.4) is 0 Å². The van der Waals surface area contributed by atoms with Crippen molar-refractivity contribution < 1.29 is 0 Å². The van der Waals surface area contributed by atoms with E-state index >= 15 is 0 Å². The van der Waals surface area contributed by atoms with Crippen LogP contribution in [0.25, 0.3) is 0 Å². The number of hydrogen-bond acceptors (Lipinski definition) is 3. The van der Waals surface area contributed by atoms with Crippen molar-refractivity contribution >= 4 is 0 Å². The molecule has 0 radical (unpaired) electrons. The minimum Gasteiger partial charge on any atom is -0.337 e. The summed E-state index contributed by atoms with van der Waals surface area (Å²) < 4.78 is 2.16. The number of nitrogens with zero attached hydrogens (tertiary/aromatic N) is 3. The van der Waals surface area contributed by atoms with Gasteiger partial charge in [-0.2, -0.15) is 0 Å². The standard InChI is InChI=1S/C13H24N4/c1-2-15-13-5-9-16(11-13)7-3-4-8-17-10-6-14-12-17/h6,10,12-13,15H,2-5,7-9,11H2,1H3. The van der Waals surface area contributed by atoms with Gasteiger partial charge in [-0.25, -0.2) is 4.98 Å². The van der Waals surface area contributed by atoms with Gasteiger partial charge in [0.25, 0.3) is 0 Å². The van der Waals surface area contributed by atoms with Crippen molar-refractivity contribution in [3.63, 3.8) is 0 Å². The fourth-order valence-electron chi connectivity index (χ4n) is 2.54. The van der Waals surface area contributed by atoms with Gasteiger partial charge >= 0.3 is 0 Å². The van der Waals surface area contributed by atoms with Crippen LogP contribution < -0.4 is 5.32 Å². The second kappa shape index (κ2) is 6.77. The zero-order valence-corrected chi connectivity index (χ0v) is 10.8. The van der Waals surface area contributed by atoms with Crippen molar-refractivity contribution in [3.05, 3.63) is 18.7 Å². The molecule has 0 spiro atoms. The summed E-state index contributed by atoms with van der Waals surface area (Å²) in [5.74, 6) is 0. The van der Waals surface area contributed by atoms with Crippen molar-refractivity contribution in [1.29, 1.82) is 0 Å². The van der Waals surface area contributed by atoms with E-state index in [0.29, 0.717) is 0 Å². The molecule has 1 N–H and O–H groups in total. The van der Waals surface area contributed by atoms with E-state index in [4.69, 9.17) is 0 Å². The van der Waals surface area contributed by atoms with Crippen LogP contribution in [0.4, 0.5) is 0 Å². The summed E-state index contributed by atoms with van der Waals surface area (Å²) >= 11 is 0. The summed E-state index contributed by atoms with van der Waals surface area (Å²) in [6.45, 7) is 8.13. The Balaban J connectivity index is 1.54. The molecule has 4 nitrogen and oxygen atoms in total. The van der Waals surface area contributed by atoms with E-state index in [2.05, 4.69) is 26.7 Å². The normalized spacial score (nSPS) is 21.1. The molecule has 1 aliphatic rings. The highest BCUT2D eigenvalue weighted by atomic mass is 15.2. The first-order chi connectivity index (χ1) is 8.38. The molecule has 0 aromatic carbocycles. The van der Waals surface area contributed by atoms with E-state index in [1.165, 1.54) is 38.9 Å². The average Bonchev–Trinajstić information content (AvgIpc) is 2.96. The highest BCUT2D eigenvalue weighted by Gasteiger charge is 2.20. The molecule has 0 aliphatic carbocycles. The highest BCUT2D eigenvalue weighted by Crippen LogP contribution is 2.10. The molecule has 1 aromatic heterocycles. The smallest absolute Gasteiger partial charge is 0.0945 e.